The van der Waals surface area contributed by atoms with E-state index in [1.165, 1.54) is 0 Å². The van der Waals surface area contributed by atoms with Crippen molar-refractivity contribution in [2.24, 2.45) is 0 Å². The molecule has 0 fully saturated rings. The Kier molecular flexibility index (Phi) is 3.29. The molecule has 1 atom stereocenters. The smallest absolute Gasteiger partial charge is 0.126 e. The summed E-state index contributed by atoms with van der Waals surface area (Å²) in [5.41, 5.74) is 9.57. The Morgan fingerprint density at radius 1 is 1.14 bits per heavy atom. The Labute approximate surface area is 124 Å². The van der Waals surface area contributed by atoms with Crippen LogP contribution < -0.4 is 11.1 Å². The third-order valence-corrected chi connectivity index (χ3v) is 3.52. The lowest BCUT2D eigenvalue weighted by molar-refractivity contribution is 0.467. The number of furan rings is 1. The van der Waals surface area contributed by atoms with Gasteiger partial charge in [0.05, 0.1) is 11.6 Å². The lowest BCUT2D eigenvalue weighted by Gasteiger charge is -2.16. The van der Waals surface area contributed by atoms with Gasteiger partial charge < -0.3 is 15.5 Å². The summed E-state index contributed by atoms with van der Waals surface area (Å²) in [6, 6.07) is 11.9. The first-order chi connectivity index (χ1) is 10.0. The molecule has 3 aromatic rings. The van der Waals surface area contributed by atoms with Gasteiger partial charge in [-0.2, -0.15) is 0 Å². The molecule has 4 nitrogen and oxygen atoms in total. The van der Waals surface area contributed by atoms with Crippen LogP contribution in [0.2, 0.25) is 0 Å². The lowest BCUT2D eigenvalue weighted by Crippen LogP contribution is -2.07. The third-order valence-electron chi connectivity index (χ3n) is 3.52. The standard InChI is InChI=1S/C17H19N3O/c1-10-8-16(14-9-13(18)5-6-15(14)19-10)20-12(3)17-7-4-11(2)21-17/h4-9,12H,18H2,1-3H3,(H,19,20). The Morgan fingerprint density at radius 3 is 2.67 bits per heavy atom. The molecule has 1 aromatic carbocycles. The molecule has 108 valence electrons. The number of fused-ring (bicyclic) bond motifs is 1. The van der Waals surface area contributed by atoms with E-state index in [9.17, 15) is 0 Å². The molecular weight excluding hydrogens is 262 g/mol. The Morgan fingerprint density at radius 2 is 1.95 bits per heavy atom. The Hall–Kier alpha value is -2.49. The van der Waals surface area contributed by atoms with Crippen molar-refractivity contribution >= 4 is 22.3 Å². The van der Waals surface area contributed by atoms with E-state index in [1.54, 1.807) is 0 Å². The molecule has 3 rings (SSSR count). The molecule has 1 unspecified atom stereocenters. The predicted molar refractivity (Wildman–Crippen MR) is 86.4 cm³/mol. The molecule has 0 aliphatic rings. The molecule has 0 spiro atoms. The second-order valence-electron chi connectivity index (χ2n) is 5.40. The summed E-state index contributed by atoms with van der Waals surface area (Å²) in [6.45, 7) is 6.01. The van der Waals surface area contributed by atoms with Gasteiger partial charge in [-0.15, -0.1) is 0 Å². The summed E-state index contributed by atoms with van der Waals surface area (Å²) >= 11 is 0. The number of nitrogen functional groups attached to an aromatic ring is 1. The first-order valence-corrected chi connectivity index (χ1v) is 7.02. The Balaban J connectivity index is 2.01. The molecule has 0 bridgehead atoms. The zero-order chi connectivity index (χ0) is 15.0. The molecule has 0 radical (unpaired) electrons. The maximum Gasteiger partial charge on any atom is 0.126 e. The highest BCUT2D eigenvalue weighted by Crippen LogP contribution is 2.29. The SMILES string of the molecule is Cc1cc(NC(C)c2ccc(C)o2)c2cc(N)ccc2n1. The molecule has 0 saturated carbocycles. The minimum atomic E-state index is 0.0742. The van der Waals surface area contributed by atoms with Crippen LogP contribution in [0.15, 0.2) is 40.8 Å². The second kappa shape index (κ2) is 5.13. The summed E-state index contributed by atoms with van der Waals surface area (Å²) < 4.78 is 5.68. The summed E-state index contributed by atoms with van der Waals surface area (Å²) in [7, 11) is 0. The quantitative estimate of drug-likeness (QED) is 0.706. The van der Waals surface area contributed by atoms with Crippen molar-refractivity contribution < 1.29 is 4.42 Å². The van der Waals surface area contributed by atoms with Crippen molar-refractivity contribution in [1.82, 2.24) is 4.98 Å². The van der Waals surface area contributed by atoms with Crippen LogP contribution in [0.1, 0.15) is 30.2 Å². The van der Waals surface area contributed by atoms with E-state index in [4.69, 9.17) is 10.2 Å². The highest BCUT2D eigenvalue weighted by atomic mass is 16.3. The maximum atomic E-state index is 5.90. The minimum Gasteiger partial charge on any atom is -0.464 e. The van der Waals surface area contributed by atoms with Crippen molar-refractivity contribution in [3.8, 4) is 0 Å². The third kappa shape index (κ3) is 2.70. The van der Waals surface area contributed by atoms with Gasteiger partial charge >= 0.3 is 0 Å². The number of nitrogens with one attached hydrogen (secondary N) is 1. The molecule has 0 aliphatic carbocycles. The zero-order valence-corrected chi connectivity index (χ0v) is 12.5. The molecule has 0 aliphatic heterocycles. The normalized spacial score (nSPS) is 12.5. The topological polar surface area (TPSA) is 64.1 Å². The number of pyridine rings is 1. The average molecular weight is 281 g/mol. The van der Waals surface area contributed by atoms with E-state index < -0.39 is 0 Å². The number of rotatable bonds is 3. The van der Waals surface area contributed by atoms with Gasteiger partial charge in [0.2, 0.25) is 0 Å². The lowest BCUT2D eigenvalue weighted by atomic mass is 10.1. The fourth-order valence-corrected chi connectivity index (χ4v) is 2.49. The molecule has 21 heavy (non-hydrogen) atoms. The summed E-state index contributed by atoms with van der Waals surface area (Å²) in [5, 5.41) is 4.52. The van der Waals surface area contributed by atoms with Crippen LogP contribution in [0.3, 0.4) is 0 Å². The van der Waals surface area contributed by atoms with Gasteiger partial charge in [-0.3, -0.25) is 4.98 Å². The van der Waals surface area contributed by atoms with Gasteiger partial charge in [0.25, 0.3) is 0 Å². The number of benzene rings is 1. The fourth-order valence-electron chi connectivity index (χ4n) is 2.49. The van der Waals surface area contributed by atoms with Crippen LogP contribution in [-0.4, -0.2) is 4.98 Å². The van der Waals surface area contributed by atoms with Crippen LogP contribution >= 0.6 is 0 Å². The first kappa shape index (κ1) is 13.5. The van der Waals surface area contributed by atoms with Crippen LogP contribution in [0.4, 0.5) is 11.4 Å². The fraction of sp³-hybridized carbons (Fsp3) is 0.235. The minimum absolute atomic E-state index is 0.0742. The molecule has 4 heteroatoms. The van der Waals surface area contributed by atoms with Gasteiger partial charge in [-0.25, -0.2) is 0 Å². The van der Waals surface area contributed by atoms with Gasteiger partial charge in [-0.05, 0) is 57.2 Å². The second-order valence-corrected chi connectivity index (χ2v) is 5.40. The highest BCUT2D eigenvalue weighted by molar-refractivity contribution is 5.93. The molecule has 2 aromatic heterocycles. The number of aryl methyl sites for hydroxylation is 2. The number of hydrogen-bond donors (Lipinski definition) is 2. The van der Waals surface area contributed by atoms with Crippen LogP contribution in [0.5, 0.6) is 0 Å². The molecular formula is C17H19N3O. The van der Waals surface area contributed by atoms with E-state index in [1.807, 2.05) is 50.2 Å². The van der Waals surface area contributed by atoms with Crippen molar-refractivity contribution in [3.63, 3.8) is 0 Å². The van der Waals surface area contributed by atoms with Gasteiger partial charge in [0.1, 0.15) is 11.5 Å². The molecule has 0 saturated heterocycles. The van der Waals surface area contributed by atoms with Crippen LogP contribution in [0.25, 0.3) is 10.9 Å². The monoisotopic (exact) mass is 281 g/mol. The van der Waals surface area contributed by atoms with Crippen LogP contribution in [-0.2, 0) is 0 Å². The number of nitrogens with zero attached hydrogens (tertiary/aromatic N) is 1. The van der Waals surface area contributed by atoms with Crippen molar-refractivity contribution in [1.29, 1.82) is 0 Å². The van der Waals surface area contributed by atoms with E-state index in [2.05, 4.69) is 17.2 Å². The largest absolute Gasteiger partial charge is 0.464 e. The van der Waals surface area contributed by atoms with Crippen molar-refractivity contribution in [2.45, 2.75) is 26.8 Å². The Bertz CT molecular complexity index is 792. The molecule has 0 amide bonds. The summed E-state index contributed by atoms with van der Waals surface area (Å²) in [4.78, 5) is 4.54. The van der Waals surface area contributed by atoms with Gasteiger partial charge in [0.15, 0.2) is 0 Å². The average Bonchev–Trinajstić information content (AvgIpc) is 2.86. The number of nitrogens with two attached hydrogens (primary N) is 1. The van der Waals surface area contributed by atoms with E-state index in [-0.39, 0.29) is 6.04 Å². The molecule has 2 heterocycles. The molecule has 3 N–H and O–H groups in total. The highest BCUT2D eigenvalue weighted by Gasteiger charge is 2.12. The van der Waals surface area contributed by atoms with Crippen molar-refractivity contribution in [2.75, 3.05) is 11.1 Å². The van der Waals surface area contributed by atoms with Gasteiger partial charge in [0, 0.05) is 22.5 Å². The number of anilines is 2. The summed E-state index contributed by atoms with van der Waals surface area (Å²) in [6.07, 6.45) is 0. The number of aromatic nitrogens is 1. The zero-order valence-electron chi connectivity index (χ0n) is 12.5. The van der Waals surface area contributed by atoms with Crippen LogP contribution in [0, 0.1) is 13.8 Å². The summed E-state index contributed by atoms with van der Waals surface area (Å²) in [5.74, 6) is 1.83. The van der Waals surface area contributed by atoms with E-state index >= 15 is 0 Å². The maximum absolute atomic E-state index is 5.90. The van der Waals surface area contributed by atoms with E-state index in [0.717, 1.165) is 39.5 Å². The number of hydrogen-bond acceptors (Lipinski definition) is 4. The first-order valence-electron chi connectivity index (χ1n) is 7.02. The predicted octanol–water partition coefficient (Wildman–Crippen LogP) is 4.20. The van der Waals surface area contributed by atoms with Gasteiger partial charge in [-0.1, -0.05) is 0 Å². The van der Waals surface area contributed by atoms with Crippen molar-refractivity contribution in [3.05, 3.63) is 53.6 Å². The van der Waals surface area contributed by atoms with E-state index in [0.29, 0.717) is 0 Å².